The summed E-state index contributed by atoms with van der Waals surface area (Å²) in [4.78, 5) is 10.6. The van der Waals surface area contributed by atoms with Crippen LogP contribution in [0.15, 0.2) is 20.7 Å². The Labute approximate surface area is 61.5 Å². The van der Waals surface area contributed by atoms with E-state index < -0.39 is 11.9 Å². The average Bonchev–Trinajstić information content (AvgIpc) is 2.00. The molecule has 0 saturated carbocycles. The Kier molecular flexibility index (Phi) is 3.91. The van der Waals surface area contributed by atoms with Crippen molar-refractivity contribution in [1.82, 2.24) is 0 Å². The van der Waals surface area contributed by atoms with Crippen LogP contribution < -0.4 is 11.7 Å². The normalized spacial score (nSPS) is 13.4. The summed E-state index contributed by atoms with van der Waals surface area (Å²) in [5.74, 6) is 8.23. The quantitative estimate of drug-likeness (QED) is 0.301. The molecule has 0 aliphatic carbocycles. The summed E-state index contributed by atoms with van der Waals surface area (Å²) in [5.41, 5.74) is 0. The average molecular weight is 155 g/mol. The van der Waals surface area contributed by atoms with E-state index in [0.29, 0.717) is 0 Å². The zero-order valence-corrected chi connectivity index (χ0v) is 5.38. The highest BCUT2D eigenvalue weighted by Crippen LogP contribution is 1.92. The summed E-state index contributed by atoms with van der Waals surface area (Å²) in [6, 6.07) is 0.134. The number of hydrogen-bond acceptors (Lipinski definition) is 5. The molecule has 8 nitrogen and oxygen atoms in total. The molecule has 0 aromatic heterocycles. The first-order valence-corrected chi connectivity index (χ1v) is 2.40. The highest BCUT2D eigenvalue weighted by Gasteiger charge is 2.15. The lowest BCUT2D eigenvalue weighted by atomic mass is 10.3. The van der Waals surface area contributed by atoms with Crippen LogP contribution in [0.1, 0.15) is 0 Å². The van der Waals surface area contributed by atoms with Crippen LogP contribution in [0.25, 0.3) is 0 Å². The molecule has 0 rings (SSSR count). The van der Waals surface area contributed by atoms with Crippen LogP contribution in [-0.4, -0.2) is 11.9 Å². The van der Waals surface area contributed by atoms with Crippen molar-refractivity contribution in [1.29, 1.82) is 5.26 Å². The van der Waals surface area contributed by atoms with Crippen molar-refractivity contribution >= 4 is 5.91 Å². The van der Waals surface area contributed by atoms with E-state index in [-0.39, 0.29) is 0 Å². The monoisotopic (exact) mass is 155 g/mol. The Morgan fingerprint density at radius 1 is 1.45 bits per heavy atom. The third-order valence-corrected chi connectivity index (χ3v) is 0.695. The molecule has 0 aromatic carbocycles. The van der Waals surface area contributed by atoms with Gasteiger partial charge in [-0.15, -0.1) is 5.11 Å². The first-order chi connectivity index (χ1) is 5.26. The molecular formula is C3H5N7O. The summed E-state index contributed by atoms with van der Waals surface area (Å²) in [6.45, 7) is 0. The van der Waals surface area contributed by atoms with Gasteiger partial charge in [0.05, 0.1) is 0 Å². The maximum absolute atomic E-state index is 10.6. The van der Waals surface area contributed by atoms with Gasteiger partial charge in [-0.1, -0.05) is 15.6 Å². The van der Waals surface area contributed by atoms with Crippen molar-refractivity contribution in [2.24, 2.45) is 32.4 Å². The molecule has 0 aromatic rings. The van der Waals surface area contributed by atoms with Crippen LogP contribution in [0.3, 0.4) is 0 Å². The fraction of sp³-hybridized carbons (Fsp3) is 0.333. The fourth-order valence-electron chi connectivity index (χ4n) is 0.309. The molecule has 4 N–H and O–H groups in total. The Bertz CT molecular complexity index is 224. The maximum Gasteiger partial charge on any atom is 0.307 e. The van der Waals surface area contributed by atoms with Crippen LogP contribution in [-0.2, 0) is 4.79 Å². The minimum atomic E-state index is -1.35. The third-order valence-electron chi connectivity index (χ3n) is 0.695. The largest absolute Gasteiger partial charge is 0.307 e. The van der Waals surface area contributed by atoms with Crippen molar-refractivity contribution in [2.45, 2.75) is 6.04 Å². The molecule has 11 heavy (non-hydrogen) atoms. The van der Waals surface area contributed by atoms with Gasteiger partial charge in [0.1, 0.15) is 6.07 Å². The van der Waals surface area contributed by atoms with Gasteiger partial charge in [-0.25, -0.2) is 0 Å². The number of carbonyl (C=O) groups is 1. The minimum Gasteiger partial charge on any atom is -0.305 e. The predicted octanol–water partition coefficient (Wildman–Crippen LogP) is -0.943. The Morgan fingerprint density at radius 3 is 2.45 bits per heavy atom. The summed E-state index contributed by atoms with van der Waals surface area (Å²) in [6.07, 6.45) is 0. The third kappa shape index (κ3) is 2.85. The molecule has 0 spiro atoms. The van der Waals surface area contributed by atoms with Crippen LogP contribution in [0.5, 0.6) is 0 Å². The Morgan fingerprint density at radius 2 is 2.09 bits per heavy atom. The lowest BCUT2D eigenvalue weighted by Crippen LogP contribution is -2.13. The van der Waals surface area contributed by atoms with Crippen molar-refractivity contribution in [3.8, 4) is 6.07 Å². The van der Waals surface area contributed by atoms with Gasteiger partial charge in [0.15, 0.2) is 0 Å². The molecule has 1 unspecified atom stereocenters. The SMILES string of the molecule is N#CC(N=NN)C(=O)N=NN. The smallest absolute Gasteiger partial charge is 0.305 e. The fourth-order valence-corrected chi connectivity index (χ4v) is 0.309. The van der Waals surface area contributed by atoms with E-state index in [0.717, 1.165) is 0 Å². The number of amides is 1. The van der Waals surface area contributed by atoms with Gasteiger partial charge < -0.3 is 11.7 Å². The number of nitriles is 1. The number of carbonyl (C=O) groups excluding carboxylic acids is 1. The van der Waals surface area contributed by atoms with Crippen LogP contribution in [0.2, 0.25) is 0 Å². The van der Waals surface area contributed by atoms with E-state index in [1.54, 1.807) is 0 Å². The molecule has 0 fully saturated rings. The molecular weight excluding hydrogens is 150 g/mol. The van der Waals surface area contributed by atoms with Gasteiger partial charge in [-0.05, 0) is 0 Å². The van der Waals surface area contributed by atoms with E-state index in [4.69, 9.17) is 5.26 Å². The molecule has 8 heteroatoms. The zero-order valence-electron chi connectivity index (χ0n) is 5.38. The standard InChI is InChI=1S/C3H5N7O/c4-1-2(7-9-5)3(11)8-10-6/h2H,(H2,5,7)(H2,6,8,11). The molecule has 0 aliphatic rings. The van der Waals surface area contributed by atoms with Gasteiger partial charge in [-0.2, -0.15) is 5.26 Å². The molecule has 1 atom stereocenters. The van der Waals surface area contributed by atoms with Gasteiger partial charge in [0, 0.05) is 0 Å². The molecule has 0 saturated heterocycles. The van der Waals surface area contributed by atoms with E-state index in [9.17, 15) is 4.79 Å². The maximum atomic E-state index is 10.6. The van der Waals surface area contributed by atoms with Gasteiger partial charge in [-0.3, -0.25) is 4.79 Å². The van der Waals surface area contributed by atoms with E-state index >= 15 is 0 Å². The number of nitrogens with two attached hydrogens (primary N) is 2. The molecule has 0 radical (unpaired) electrons. The van der Waals surface area contributed by atoms with Crippen molar-refractivity contribution in [2.75, 3.05) is 0 Å². The highest BCUT2D eigenvalue weighted by molar-refractivity contribution is 5.84. The summed E-state index contributed by atoms with van der Waals surface area (Å²) in [7, 11) is 0. The van der Waals surface area contributed by atoms with Crippen LogP contribution in [0.4, 0.5) is 0 Å². The molecule has 0 aliphatic heterocycles. The van der Waals surface area contributed by atoms with Crippen LogP contribution in [0, 0.1) is 11.3 Å². The summed E-state index contributed by atoms with van der Waals surface area (Å²) in [5, 5.41) is 19.5. The Hall–Kier alpha value is -2.04. The molecule has 1 amide bonds. The highest BCUT2D eigenvalue weighted by atomic mass is 16.2. The summed E-state index contributed by atoms with van der Waals surface area (Å²) >= 11 is 0. The second-order valence-electron chi connectivity index (χ2n) is 1.32. The van der Waals surface area contributed by atoms with E-state index in [1.165, 1.54) is 6.07 Å². The lowest BCUT2D eigenvalue weighted by Gasteiger charge is -1.90. The molecule has 0 heterocycles. The number of nitrogens with zero attached hydrogens (tertiary/aromatic N) is 5. The van der Waals surface area contributed by atoms with E-state index in [2.05, 4.69) is 32.4 Å². The lowest BCUT2D eigenvalue weighted by molar-refractivity contribution is -0.118. The topological polar surface area (TPSA) is 142 Å². The molecule has 0 bridgehead atoms. The van der Waals surface area contributed by atoms with E-state index in [1.807, 2.05) is 0 Å². The van der Waals surface area contributed by atoms with Crippen LogP contribution >= 0.6 is 0 Å². The first kappa shape index (κ1) is 8.96. The van der Waals surface area contributed by atoms with Gasteiger partial charge in [0.2, 0.25) is 6.04 Å². The van der Waals surface area contributed by atoms with Crippen molar-refractivity contribution in [3.05, 3.63) is 0 Å². The first-order valence-electron chi connectivity index (χ1n) is 2.40. The van der Waals surface area contributed by atoms with Gasteiger partial charge in [0.25, 0.3) is 0 Å². The predicted molar refractivity (Wildman–Crippen MR) is 32.5 cm³/mol. The second kappa shape index (κ2) is 4.80. The number of hydrogen-bond donors (Lipinski definition) is 2. The van der Waals surface area contributed by atoms with Gasteiger partial charge >= 0.3 is 5.91 Å². The summed E-state index contributed by atoms with van der Waals surface area (Å²) < 4.78 is 0. The zero-order chi connectivity index (χ0) is 8.69. The Balaban J connectivity index is 4.29. The molecule has 58 valence electrons. The number of rotatable bonds is 2. The second-order valence-corrected chi connectivity index (χ2v) is 1.32. The van der Waals surface area contributed by atoms with Crippen molar-refractivity contribution < 1.29 is 4.79 Å². The minimum absolute atomic E-state index is 0.899. The van der Waals surface area contributed by atoms with Crippen molar-refractivity contribution in [3.63, 3.8) is 0 Å².